The van der Waals surface area contributed by atoms with Gasteiger partial charge in [0.25, 0.3) is 5.91 Å². The van der Waals surface area contributed by atoms with E-state index in [-0.39, 0.29) is 0 Å². The number of hydrogen-bond acceptors (Lipinski definition) is 5. The highest BCUT2D eigenvalue weighted by Gasteiger charge is 2.36. The summed E-state index contributed by atoms with van der Waals surface area (Å²) in [5.41, 5.74) is -0.632. The van der Waals surface area contributed by atoms with Gasteiger partial charge in [0.05, 0.1) is 19.8 Å². The fourth-order valence-electron chi connectivity index (χ4n) is 1.97. The first-order chi connectivity index (χ1) is 9.53. The highest BCUT2D eigenvalue weighted by molar-refractivity contribution is 6.30. The zero-order valence-corrected chi connectivity index (χ0v) is 11.4. The fraction of sp³-hybridized carbons (Fsp3) is 0.462. The zero-order chi connectivity index (χ0) is 14.8. The Morgan fingerprint density at radius 3 is 2.60 bits per heavy atom. The van der Waals surface area contributed by atoms with Crippen molar-refractivity contribution in [3.05, 3.63) is 28.8 Å². The predicted molar refractivity (Wildman–Crippen MR) is 71.7 cm³/mol. The lowest BCUT2D eigenvalue weighted by Gasteiger charge is -2.29. The molecule has 1 amide bonds. The van der Waals surface area contributed by atoms with Gasteiger partial charge in [-0.1, -0.05) is 11.6 Å². The summed E-state index contributed by atoms with van der Waals surface area (Å²) in [5, 5.41) is 30.5. The molecular weight excluding hydrogens is 286 g/mol. The lowest BCUT2D eigenvalue weighted by Crippen LogP contribution is -2.59. The van der Waals surface area contributed by atoms with E-state index in [2.05, 4.69) is 5.32 Å². The van der Waals surface area contributed by atoms with Crippen molar-refractivity contribution in [2.75, 3.05) is 19.8 Å². The number of ether oxygens (including phenoxy) is 1. The third-order valence-corrected chi connectivity index (χ3v) is 3.52. The molecule has 2 rings (SSSR count). The number of aliphatic hydroxyl groups is 3. The van der Waals surface area contributed by atoms with E-state index < -0.39 is 37.4 Å². The van der Waals surface area contributed by atoms with Gasteiger partial charge in [-0.3, -0.25) is 4.79 Å². The van der Waals surface area contributed by atoms with Crippen molar-refractivity contribution in [1.29, 1.82) is 0 Å². The molecule has 4 N–H and O–H groups in total. The lowest BCUT2D eigenvalue weighted by atomic mass is 10.0. The molecule has 0 saturated heterocycles. The Kier molecular flexibility index (Phi) is 4.49. The van der Waals surface area contributed by atoms with Gasteiger partial charge in [-0.25, -0.2) is 0 Å². The SMILES string of the molecule is O=C(NC(CO)(CO)CO)C1Cc2cc(Cl)ccc2O1. The van der Waals surface area contributed by atoms with Crippen molar-refractivity contribution in [2.24, 2.45) is 0 Å². The van der Waals surface area contributed by atoms with E-state index in [4.69, 9.17) is 16.3 Å². The number of carbonyl (C=O) groups excluding carboxylic acids is 1. The van der Waals surface area contributed by atoms with Crippen molar-refractivity contribution in [1.82, 2.24) is 5.32 Å². The van der Waals surface area contributed by atoms with Gasteiger partial charge >= 0.3 is 0 Å². The minimum atomic E-state index is -1.45. The van der Waals surface area contributed by atoms with E-state index in [9.17, 15) is 20.1 Å². The number of halogens is 1. The second kappa shape index (κ2) is 5.97. The second-order valence-electron chi connectivity index (χ2n) is 4.81. The number of carbonyl (C=O) groups is 1. The zero-order valence-electron chi connectivity index (χ0n) is 10.7. The Labute approximate surface area is 120 Å². The minimum Gasteiger partial charge on any atom is -0.480 e. The molecule has 1 aliphatic heterocycles. The number of rotatable bonds is 5. The molecule has 0 saturated carbocycles. The first kappa shape index (κ1) is 15.1. The molecule has 1 aromatic rings. The van der Waals surface area contributed by atoms with E-state index in [1.165, 1.54) is 0 Å². The molecule has 1 unspecified atom stereocenters. The highest BCUT2D eigenvalue weighted by Crippen LogP contribution is 2.31. The molecular formula is C13H16ClNO5. The molecule has 0 radical (unpaired) electrons. The molecule has 7 heteroatoms. The van der Waals surface area contributed by atoms with Crippen molar-refractivity contribution in [2.45, 2.75) is 18.1 Å². The summed E-state index contributed by atoms with van der Waals surface area (Å²) in [5.74, 6) is 0.0756. The summed E-state index contributed by atoms with van der Waals surface area (Å²) in [6.45, 7) is -1.72. The molecule has 1 heterocycles. The maximum absolute atomic E-state index is 12.1. The van der Waals surface area contributed by atoms with E-state index in [0.29, 0.717) is 17.2 Å². The molecule has 1 atom stereocenters. The molecule has 0 aromatic heterocycles. The quantitative estimate of drug-likeness (QED) is 0.586. The van der Waals surface area contributed by atoms with Crippen LogP contribution in [0.1, 0.15) is 5.56 Å². The van der Waals surface area contributed by atoms with Crippen LogP contribution in [0.5, 0.6) is 5.75 Å². The average Bonchev–Trinajstić information content (AvgIpc) is 2.88. The van der Waals surface area contributed by atoms with Gasteiger partial charge in [0.15, 0.2) is 6.10 Å². The highest BCUT2D eigenvalue weighted by atomic mass is 35.5. The minimum absolute atomic E-state index is 0.347. The molecule has 1 aromatic carbocycles. The van der Waals surface area contributed by atoms with Crippen molar-refractivity contribution >= 4 is 17.5 Å². The predicted octanol–water partition coefficient (Wildman–Crippen LogP) is -0.525. The standard InChI is InChI=1S/C13H16ClNO5/c14-9-1-2-10-8(3-9)4-11(20-10)12(19)15-13(5-16,6-17)7-18/h1-3,11,16-18H,4-7H2,(H,15,19). The molecule has 0 spiro atoms. The van der Waals surface area contributed by atoms with E-state index in [0.717, 1.165) is 5.56 Å². The smallest absolute Gasteiger partial charge is 0.262 e. The van der Waals surface area contributed by atoms with Crippen LogP contribution in [0.3, 0.4) is 0 Å². The Balaban J connectivity index is 2.06. The average molecular weight is 302 g/mol. The number of amides is 1. The monoisotopic (exact) mass is 301 g/mol. The number of aliphatic hydroxyl groups excluding tert-OH is 3. The summed E-state index contributed by atoms with van der Waals surface area (Å²) in [4.78, 5) is 12.1. The van der Waals surface area contributed by atoms with Crippen LogP contribution in [0.15, 0.2) is 18.2 Å². The Bertz CT molecular complexity index is 495. The Hall–Kier alpha value is -1.34. The number of hydrogen-bond donors (Lipinski definition) is 4. The summed E-state index contributed by atoms with van der Waals surface area (Å²) < 4.78 is 5.49. The van der Waals surface area contributed by atoms with Crippen LogP contribution in [-0.2, 0) is 11.2 Å². The van der Waals surface area contributed by atoms with Crippen LogP contribution in [0.25, 0.3) is 0 Å². The van der Waals surface area contributed by atoms with Crippen LogP contribution in [0, 0.1) is 0 Å². The van der Waals surface area contributed by atoms with Gasteiger partial charge in [-0.05, 0) is 23.8 Å². The summed E-state index contributed by atoms with van der Waals surface area (Å²) >= 11 is 5.87. The first-order valence-corrected chi connectivity index (χ1v) is 6.51. The van der Waals surface area contributed by atoms with Gasteiger partial charge in [-0.15, -0.1) is 0 Å². The summed E-state index contributed by atoms with van der Waals surface area (Å²) in [7, 11) is 0. The van der Waals surface area contributed by atoms with Crippen LogP contribution < -0.4 is 10.1 Å². The summed E-state index contributed by atoms with van der Waals surface area (Å²) in [6, 6.07) is 5.07. The number of nitrogens with one attached hydrogen (secondary N) is 1. The first-order valence-electron chi connectivity index (χ1n) is 6.13. The molecule has 0 bridgehead atoms. The van der Waals surface area contributed by atoms with Crippen molar-refractivity contribution < 1.29 is 24.9 Å². The van der Waals surface area contributed by atoms with Crippen LogP contribution in [-0.4, -0.2) is 52.7 Å². The van der Waals surface area contributed by atoms with Crippen LogP contribution in [0.4, 0.5) is 0 Å². The van der Waals surface area contributed by atoms with E-state index in [1.54, 1.807) is 18.2 Å². The maximum Gasteiger partial charge on any atom is 0.262 e. The van der Waals surface area contributed by atoms with Gasteiger partial charge < -0.3 is 25.4 Å². The van der Waals surface area contributed by atoms with E-state index >= 15 is 0 Å². The molecule has 0 fully saturated rings. The molecule has 0 aliphatic carbocycles. The van der Waals surface area contributed by atoms with Gasteiger partial charge in [0.1, 0.15) is 11.3 Å². The number of benzene rings is 1. The van der Waals surface area contributed by atoms with Crippen molar-refractivity contribution in [3.8, 4) is 5.75 Å². The largest absolute Gasteiger partial charge is 0.480 e. The normalized spacial score (nSPS) is 17.5. The molecule has 1 aliphatic rings. The maximum atomic E-state index is 12.1. The third kappa shape index (κ3) is 2.88. The molecule has 6 nitrogen and oxygen atoms in total. The Morgan fingerprint density at radius 2 is 2.00 bits per heavy atom. The van der Waals surface area contributed by atoms with Gasteiger partial charge in [-0.2, -0.15) is 0 Å². The Morgan fingerprint density at radius 1 is 1.35 bits per heavy atom. The van der Waals surface area contributed by atoms with Crippen LogP contribution in [0.2, 0.25) is 5.02 Å². The van der Waals surface area contributed by atoms with Crippen molar-refractivity contribution in [3.63, 3.8) is 0 Å². The van der Waals surface area contributed by atoms with Crippen LogP contribution >= 0.6 is 11.6 Å². The van der Waals surface area contributed by atoms with E-state index in [1.807, 2.05) is 0 Å². The molecule has 110 valence electrons. The summed E-state index contributed by atoms with van der Waals surface area (Å²) in [6.07, 6.45) is -0.424. The topological polar surface area (TPSA) is 99.0 Å². The number of fused-ring (bicyclic) bond motifs is 1. The third-order valence-electron chi connectivity index (χ3n) is 3.29. The van der Waals surface area contributed by atoms with Gasteiger partial charge in [0, 0.05) is 11.4 Å². The lowest BCUT2D eigenvalue weighted by molar-refractivity contribution is -0.131. The second-order valence-corrected chi connectivity index (χ2v) is 5.24. The van der Waals surface area contributed by atoms with Gasteiger partial charge in [0.2, 0.25) is 0 Å². The fourth-order valence-corrected chi connectivity index (χ4v) is 2.17. The molecule has 20 heavy (non-hydrogen) atoms.